The van der Waals surface area contributed by atoms with Crippen LogP contribution in [0.4, 0.5) is 8.78 Å². The van der Waals surface area contributed by atoms with Gasteiger partial charge >= 0.3 is 5.97 Å². The molecule has 4 aliphatic carbocycles. The number of halogens is 2. The van der Waals surface area contributed by atoms with Gasteiger partial charge in [-0.1, -0.05) is 19.9 Å². The van der Waals surface area contributed by atoms with Crippen molar-refractivity contribution in [1.82, 2.24) is 0 Å². The molecule has 0 aromatic heterocycles. The van der Waals surface area contributed by atoms with E-state index in [1.54, 1.807) is 13.8 Å². The Morgan fingerprint density at radius 3 is 2.64 bits per heavy atom. The molecule has 4 rings (SSSR count). The van der Waals surface area contributed by atoms with Gasteiger partial charge in [0.25, 0.3) is 0 Å². The number of ether oxygens (including phenoxy) is 1. The predicted molar refractivity (Wildman–Crippen MR) is 113 cm³/mol. The number of carbonyl (C=O) groups is 4. The molecule has 3 fully saturated rings. The Labute approximate surface area is 191 Å². The van der Waals surface area contributed by atoms with Crippen LogP contribution >= 0.6 is 0 Å². The van der Waals surface area contributed by atoms with Crippen LogP contribution in [0, 0.1) is 22.7 Å². The summed E-state index contributed by atoms with van der Waals surface area (Å²) in [4.78, 5) is 48.9. The summed E-state index contributed by atoms with van der Waals surface area (Å²) in [6.45, 7) is 4.90. The molecule has 0 aromatic rings. The molecule has 4 aliphatic rings. The van der Waals surface area contributed by atoms with Gasteiger partial charge in [-0.05, 0) is 62.7 Å². The van der Waals surface area contributed by atoms with E-state index in [1.165, 1.54) is 19.1 Å². The van der Waals surface area contributed by atoms with E-state index in [2.05, 4.69) is 0 Å². The monoisotopic (exact) mass is 464 g/mol. The third-order valence-electron chi connectivity index (χ3n) is 9.00. The Kier molecular flexibility index (Phi) is 5.55. The first-order chi connectivity index (χ1) is 15.4. The van der Waals surface area contributed by atoms with Crippen molar-refractivity contribution in [2.75, 3.05) is 0 Å². The van der Waals surface area contributed by atoms with Gasteiger partial charge in [0, 0.05) is 23.2 Å². The van der Waals surface area contributed by atoms with E-state index in [4.69, 9.17) is 4.74 Å². The number of hydrogen-bond donors (Lipinski definition) is 1. The number of alkyl halides is 2. The first-order valence-corrected chi connectivity index (χ1v) is 11.6. The predicted octanol–water partition coefficient (Wildman–Crippen LogP) is 3.16. The Morgan fingerprint density at radius 2 is 2.00 bits per heavy atom. The van der Waals surface area contributed by atoms with Crippen molar-refractivity contribution in [1.29, 1.82) is 0 Å². The number of aldehydes is 1. The highest BCUT2D eigenvalue weighted by molar-refractivity contribution is 6.29. The molecule has 0 saturated heterocycles. The van der Waals surface area contributed by atoms with Gasteiger partial charge in [-0.15, -0.1) is 0 Å². The van der Waals surface area contributed by atoms with Crippen molar-refractivity contribution in [3.05, 3.63) is 23.8 Å². The lowest BCUT2D eigenvalue weighted by molar-refractivity contribution is -0.227. The van der Waals surface area contributed by atoms with Gasteiger partial charge in [0.2, 0.25) is 5.78 Å². The maximum atomic E-state index is 17.1. The highest BCUT2D eigenvalue weighted by Crippen LogP contribution is 2.70. The average molecular weight is 465 g/mol. The maximum Gasteiger partial charge on any atom is 0.306 e. The Hall–Kier alpha value is -2.22. The number of esters is 1. The topological polar surface area (TPSA) is 97.7 Å². The number of Topliss-reactive ketones (excluding diaryl/α,β-unsaturated/α-hetero) is 1. The standard InChI is InChI=1S/C25H30F2O6/c1-4-5-21(32)33-24(20(31)13-28)9-7-15-16-11-18(26)17-10-14(29)6-8-22(17,2)25(16,27)19(30)12-23(15,24)3/h6,8,10,13,15-16,18-19,30H,4-5,7,9,11-12H2,1-3H3/t15-,16-,18-,19-,22-,23-,24-,25-/m0/s1. The van der Waals surface area contributed by atoms with Gasteiger partial charge in [-0.2, -0.15) is 0 Å². The zero-order valence-corrected chi connectivity index (χ0v) is 19.1. The van der Waals surface area contributed by atoms with E-state index >= 15 is 8.78 Å². The van der Waals surface area contributed by atoms with Crippen LogP contribution in [0.3, 0.4) is 0 Å². The SMILES string of the molecule is CCCC(=O)O[C@]1(C(=O)C=O)CC[C@H]2[C@@H]3C[C@H](F)C4=CC(=O)C=C[C@]4(C)[C@@]3(F)[C@@H](O)C[C@@]21C. The van der Waals surface area contributed by atoms with Crippen molar-refractivity contribution in [3.8, 4) is 0 Å². The van der Waals surface area contributed by atoms with Crippen LogP contribution in [0.1, 0.15) is 59.3 Å². The Balaban J connectivity index is 1.82. The number of aliphatic hydroxyl groups is 1. The molecule has 33 heavy (non-hydrogen) atoms. The van der Waals surface area contributed by atoms with E-state index < -0.39 is 63.7 Å². The number of ketones is 2. The molecule has 0 aliphatic heterocycles. The van der Waals surface area contributed by atoms with Crippen LogP contribution in [-0.2, 0) is 23.9 Å². The minimum atomic E-state index is -2.30. The Bertz CT molecular complexity index is 974. The highest BCUT2D eigenvalue weighted by Gasteiger charge is 2.76. The van der Waals surface area contributed by atoms with Crippen LogP contribution < -0.4 is 0 Å². The molecule has 0 radical (unpaired) electrons. The van der Waals surface area contributed by atoms with Crippen molar-refractivity contribution in [3.63, 3.8) is 0 Å². The first kappa shape index (κ1) is 23.9. The average Bonchev–Trinajstić information content (AvgIpc) is 3.04. The van der Waals surface area contributed by atoms with E-state index in [0.29, 0.717) is 6.42 Å². The third kappa shape index (κ3) is 2.92. The second kappa shape index (κ2) is 7.65. The van der Waals surface area contributed by atoms with Crippen LogP contribution in [0.2, 0.25) is 0 Å². The second-order valence-electron chi connectivity index (χ2n) is 10.4. The molecular weight excluding hydrogens is 434 g/mol. The lowest BCUT2D eigenvalue weighted by atomic mass is 9.44. The van der Waals surface area contributed by atoms with Crippen LogP contribution in [-0.4, -0.2) is 52.5 Å². The van der Waals surface area contributed by atoms with Gasteiger partial charge in [-0.3, -0.25) is 19.2 Å². The first-order valence-electron chi connectivity index (χ1n) is 11.6. The lowest BCUT2D eigenvalue weighted by Crippen LogP contribution is -2.70. The molecule has 0 aromatic carbocycles. The highest BCUT2D eigenvalue weighted by atomic mass is 19.1. The molecule has 180 valence electrons. The van der Waals surface area contributed by atoms with Crippen molar-refractivity contribution >= 4 is 23.8 Å². The summed E-state index contributed by atoms with van der Waals surface area (Å²) >= 11 is 0. The number of allylic oxidation sites excluding steroid dienone is 4. The summed E-state index contributed by atoms with van der Waals surface area (Å²) in [5.41, 5.74) is -6.90. The van der Waals surface area contributed by atoms with Gasteiger partial charge in [0.05, 0.1) is 6.10 Å². The third-order valence-corrected chi connectivity index (χ3v) is 9.00. The van der Waals surface area contributed by atoms with Gasteiger partial charge in [-0.25, -0.2) is 8.78 Å². The van der Waals surface area contributed by atoms with E-state index in [0.717, 1.165) is 6.08 Å². The zero-order chi connectivity index (χ0) is 24.4. The fourth-order valence-electron chi connectivity index (χ4n) is 7.36. The summed E-state index contributed by atoms with van der Waals surface area (Å²) in [5, 5.41) is 11.3. The minimum absolute atomic E-state index is 0.00514. The van der Waals surface area contributed by atoms with Crippen LogP contribution in [0.15, 0.2) is 23.8 Å². The molecule has 0 amide bonds. The molecule has 3 saturated carbocycles. The fraction of sp³-hybridized carbons (Fsp3) is 0.680. The summed E-state index contributed by atoms with van der Waals surface area (Å²) < 4.78 is 38.2. The van der Waals surface area contributed by atoms with E-state index in [9.17, 15) is 24.3 Å². The largest absolute Gasteiger partial charge is 0.450 e. The lowest BCUT2D eigenvalue weighted by Gasteiger charge is -2.63. The zero-order valence-electron chi connectivity index (χ0n) is 19.1. The van der Waals surface area contributed by atoms with Crippen molar-refractivity contribution in [2.24, 2.45) is 22.7 Å². The molecule has 0 unspecified atom stereocenters. The second-order valence-corrected chi connectivity index (χ2v) is 10.4. The molecule has 8 atom stereocenters. The molecule has 0 heterocycles. The molecular formula is C25H30F2O6. The summed E-state index contributed by atoms with van der Waals surface area (Å²) in [7, 11) is 0. The molecule has 0 bridgehead atoms. The summed E-state index contributed by atoms with van der Waals surface area (Å²) in [5.74, 6) is -3.61. The Morgan fingerprint density at radius 1 is 1.30 bits per heavy atom. The van der Waals surface area contributed by atoms with Gasteiger partial charge in [0.15, 0.2) is 23.3 Å². The minimum Gasteiger partial charge on any atom is -0.450 e. The molecule has 0 spiro atoms. The van der Waals surface area contributed by atoms with Crippen molar-refractivity contribution < 1.29 is 37.8 Å². The molecule has 6 nitrogen and oxygen atoms in total. The van der Waals surface area contributed by atoms with Crippen LogP contribution in [0.25, 0.3) is 0 Å². The summed E-state index contributed by atoms with van der Waals surface area (Å²) in [6, 6.07) is 0. The molecule has 8 heteroatoms. The number of fused-ring (bicyclic) bond motifs is 5. The van der Waals surface area contributed by atoms with E-state index in [1.807, 2.05) is 0 Å². The van der Waals surface area contributed by atoms with Gasteiger partial charge < -0.3 is 9.84 Å². The van der Waals surface area contributed by atoms with E-state index in [-0.39, 0.29) is 44.0 Å². The number of aliphatic hydroxyl groups excluding tert-OH is 1. The van der Waals surface area contributed by atoms with Gasteiger partial charge in [0.1, 0.15) is 6.17 Å². The number of carbonyl (C=O) groups excluding carboxylic acids is 4. The van der Waals surface area contributed by atoms with Crippen LogP contribution in [0.5, 0.6) is 0 Å². The molecule has 1 N–H and O–H groups in total. The normalized spacial score (nSPS) is 46.0. The smallest absolute Gasteiger partial charge is 0.306 e. The fourth-order valence-corrected chi connectivity index (χ4v) is 7.36. The number of hydrogen-bond acceptors (Lipinski definition) is 6. The summed E-state index contributed by atoms with van der Waals surface area (Å²) in [6.07, 6.45) is 0.783. The quantitative estimate of drug-likeness (QED) is 0.381. The number of rotatable bonds is 5. The maximum absolute atomic E-state index is 17.1. The van der Waals surface area contributed by atoms with Crippen molar-refractivity contribution in [2.45, 2.75) is 82.8 Å².